The number of likely N-dealkylation sites (tertiary alicyclic amines) is 1. The van der Waals surface area contributed by atoms with Crippen LogP contribution in [0.25, 0.3) is 0 Å². The Balaban J connectivity index is 0.000000722. The normalized spacial score (nSPS) is 37.1. The highest BCUT2D eigenvalue weighted by atomic mass is 35.5. The Labute approximate surface area is 118 Å². The number of hydrogen-bond acceptors (Lipinski definition) is 2. The SMILES string of the molecule is C1CN[C@H](CN2C[C@H]3CCCC[C@H]3C2)C1.Cl.Cl. The van der Waals surface area contributed by atoms with Gasteiger partial charge in [0, 0.05) is 25.7 Å². The summed E-state index contributed by atoms with van der Waals surface area (Å²) in [6, 6.07) is 0.810. The van der Waals surface area contributed by atoms with E-state index in [1.54, 1.807) is 0 Å². The van der Waals surface area contributed by atoms with E-state index in [1.165, 1.54) is 64.7 Å². The second-order valence-corrected chi connectivity index (χ2v) is 5.82. The first kappa shape index (κ1) is 15.6. The molecule has 0 spiro atoms. The second kappa shape index (κ2) is 7.18. The second-order valence-electron chi connectivity index (χ2n) is 5.82. The third kappa shape index (κ3) is 3.73. The van der Waals surface area contributed by atoms with E-state index in [-0.39, 0.29) is 24.8 Å². The molecule has 0 aromatic heterocycles. The molecule has 0 amide bonds. The zero-order valence-corrected chi connectivity index (χ0v) is 12.2. The predicted octanol–water partition coefficient (Wildman–Crippen LogP) is 2.70. The molecule has 0 aromatic carbocycles. The molecule has 3 aliphatic rings. The molecule has 2 saturated heterocycles. The maximum Gasteiger partial charge on any atom is 0.0195 e. The summed E-state index contributed by atoms with van der Waals surface area (Å²) in [5, 5.41) is 3.62. The van der Waals surface area contributed by atoms with Crippen molar-refractivity contribution < 1.29 is 0 Å². The Morgan fingerprint density at radius 3 is 2.06 bits per heavy atom. The topological polar surface area (TPSA) is 15.3 Å². The molecule has 3 fully saturated rings. The highest BCUT2D eigenvalue weighted by Gasteiger charge is 2.35. The molecule has 17 heavy (non-hydrogen) atoms. The van der Waals surface area contributed by atoms with Crippen molar-refractivity contribution in [1.82, 2.24) is 10.2 Å². The fourth-order valence-corrected chi connectivity index (χ4v) is 3.88. The van der Waals surface area contributed by atoms with Crippen LogP contribution in [0.15, 0.2) is 0 Å². The van der Waals surface area contributed by atoms with Crippen molar-refractivity contribution in [3.8, 4) is 0 Å². The minimum Gasteiger partial charge on any atom is -0.313 e. The van der Waals surface area contributed by atoms with Crippen molar-refractivity contribution in [3.63, 3.8) is 0 Å². The molecule has 3 rings (SSSR count). The smallest absolute Gasteiger partial charge is 0.0195 e. The molecule has 0 aromatic rings. The van der Waals surface area contributed by atoms with E-state index in [2.05, 4.69) is 10.2 Å². The highest BCUT2D eigenvalue weighted by Crippen LogP contribution is 2.36. The monoisotopic (exact) mass is 280 g/mol. The third-order valence-electron chi connectivity index (χ3n) is 4.69. The summed E-state index contributed by atoms with van der Waals surface area (Å²) < 4.78 is 0. The lowest BCUT2D eigenvalue weighted by molar-refractivity contribution is 0.289. The average Bonchev–Trinajstić information content (AvgIpc) is 2.86. The van der Waals surface area contributed by atoms with Crippen LogP contribution in [0.1, 0.15) is 38.5 Å². The van der Waals surface area contributed by atoms with Crippen molar-refractivity contribution in [2.75, 3.05) is 26.2 Å². The maximum absolute atomic E-state index is 3.62. The molecule has 1 aliphatic carbocycles. The summed E-state index contributed by atoms with van der Waals surface area (Å²) >= 11 is 0. The van der Waals surface area contributed by atoms with Gasteiger partial charge < -0.3 is 10.2 Å². The van der Waals surface area contributed by atoms with Crippen molar-refractivity contribution in [3.05, 3.63) is 0 Å². The maximum atomic E-state index is 3.62. The van der Waals surface area contributed by atoms with Crippen LogP contribution in [0.5, 0.6) is 0 Å². The van der Waals surface area contributed by atoms with E-state index in [0.717, 1.165) is 17.9 Å². The Hall–Kier alpha value is 0.500. The first-order chi connectivity index (χ1) is 7.42. The van der Waals surface area contributed by atoms with E-state index in [9.17, 15) is 0 Å². The van der Waals surface area contributed by atoms with E-state index in [1.807, 2.05) is 0 Å². The summed E-state index contributed by atoms with van der Waals surface area (Å²) in [6.07, 6.45) is 8.82. The van der Waals surface area contributed by atoms with Gasteiger partial charge in [-0.05, 0) is 44.1 Å². The van der Waals surface area contributed by atoms with Crippen LogP contribution in [-0.4, -0.2) is 37.1 Å². The van der Waals surface area contributed by atoms with Crippen LogP contribution in [0.4, 0.5) is 0 Å². The van der Waals surface area contributed by atoms with Gasteiger partial charge in [-0.25, -0.2) is 0 Å². The minimum atomic E-state index is 0. The first-order valence-electron chi connectivity index (χ1n) is 6.87. The van der Waals surface area contributed by atoms with Gasteiger partial charge in [-0.2, -0.15) is 0 Å². The minimum absolute atomic E-state index is 0. The van der Waals surface area contributed by atoms with E-state index < -0.39 is 0 Å². The number of rotatable bonds is 2. The lowest BCUT2D eigenvalue weighted by Gasteiger charge is -2.23. The lowest BCUT2D eigenvalue weighted by Crippen LogP contribution is -2.36. The number of fused-ring (bicyclic) bond motifs is 1. The van der Waals surface area contributed by atoms with Gasteiger partial charge in [0.05, 0.1) is 0 Å². The summed E-state index contributed by atoms with van der Waals surface area (Å²) in [7, 11) is 0. The largest absolute Gasteiger partial charge is 0.313 e. The van der Waals surface area contributed by atoms with Gasteiger partial charge in [-0.3, -0.25) is 0 Å². The molecule has 1 N–H and O–H groups in total. The number of halogens is 2. The molecule has 1 saturated carbocycles. The van der Waals surface area contributed by atoms with Crippen LogP contribution in [-0.2, 0) is 0 Å². The molecule has 3 atom stereocenters. The molecule has 102 valence electrons. The molecule has 4 heteroatoms. The van der Waals surface area contributed by atoms with Crippen LogP contribution >= 0.6 is 24.8 Å². The molecular weight excluding hydrogens is 255 g/mol. The number of nitrogens with zero attached hydrogens (tertiary/aromatic N) is 1. The third-order valence-corrected chi connectivity index (χ3v) is 4.69. The summed E-state index contributed by atoms with van der Waals surface area (Å²) in [6.45, 7) is 5.39. The molecule has 0 bridgehead atoms. The molecule has 2 nitrogen and oxygen atoms in total. The van der Waals surface area contributed by atoms with Crippen molar-refractivity contribution >= 4 is 24.8 Å². The van der Waals surface area contributed by atoms with Gasteiger partial charge in [0.2, 0.25) is 0 Å². The first-order valence-corrected chi connectivity index (χ1v) is 6.87. The quantitative estimate of drug-likeness (QED) is 0.837. The van der Waals surface area contributed by atoms with Crippen molar-refractivity contribution in [1.29, 1.82) is 0 Å². The summed E-state index contributed by atoms with van der Waals surface area (Å²) in [5.41, 5.74) is 0. The predicted molar refractivity (Wildman–Crippen MR) is 77.4 cm³/mol. The van der Waals surface area contributed by atoms with Crippen LogP contribution in [0.3, 0.4) is 0 Å². The summed E-state index contributed by atoms with van der Waals surface area (Å²) in [4.78, 5) is 2.74. The summed E-state index contributed by atoms with van der Waals surface area (Å²) in [5.74, 6) is 2.11. The zero-order valence-electron chi connectivity index (χ0n) is 10.6. The number of hydrogen-bond donors (Lipinski definition) is 1. The molecular formula is C13H26Cl2N2. The van der Waals surface area contributed by atoms with Gasteiger partial charge in [0.1, 0.15) is 0 Å². The number of nitrogens with one attached hydrogen (secondary N) is 1. The zero-order chi connectivity index (χ0) is 10.1. The van der Waals surface area contributed by atoms with Crippen molar-refractivity contribution in [2.45, 2.75) is 44.6 Å². The molecule has 2 aliphatic heterocycles. The Kier molecular flexibility index (Phi) is 6.57. The van der Waals surface area contributed by atoms with E-state index in [4.69, 9.17) is 0 Å². The fraction of sp³-hybridized carbons (Fsp3) is 1.00. The van der Waals surface area contributed by atoms with Crippen LogP contribution in [0, 0.1) is 11.8 Å². The Morgan fingerprint density at radius 1 is 0.882 bits per heavy atom. The van der Waals surface area contributed by atoms with Crippen LogP contribution < -0.4 is 5.32 Å². The standard InChI is InChI=1S/C13H24N2.2ClH/c1-2-5-12-9-15(8-11(12)4-1)10-13-6-3-7-14-13;;/h11-14H,1-10H2;2*1H/t11-,12+,13-;;/m0../s1. The van der Waals surface area contributed by atoms with Gasteiger partial charge in [0.15, 0.2) is 0 Å². The van der Waals surface area contributed by atoms with Gasteiger partial charge in [-0.1, -0.05) is 12.8 Å². The Morgan fingerprint density at radius 2 is 1.53 bits per heavy atom. The molecule has 0 radical (unpaired) electrons. The lowest BCUT2D eigenvalue weighted by atomic mass is 9.82. The average molecular weight is 281 g/mol. The van der Waals surface area contributed by atoms with Gasteiger partial charge >= 0.3 is 0 Å². The molecule has 2 heterocycles. The van der Waals surface area contributed by atoms with Crippen molar-refractivity contribution in [2.24, 2.45) is 11.8 Å². The fourth-order valence-electron chi connectivity index (χ4n) is 3.88. The van der Waals surface area contributed by atoms with E-state index in [0.29, 0.717) is 0 Å². The van der Waals surface area contributed by atoms with E-state index >= 15 is 0 Å². The van der Waals surface area contributed by atoms with Gasteiger partial charge in [-0.15, -0.1) is 24.8 Å². The van der Waals surface area contributed by atoms with Crippen LogP contribution in [0.2, 0.25) is 0 Å². The Bertz CT molecular complexity index is 205. The molecule has 0 unspecified atom stereocenters. The van der Waals surface area contributed by atoms with Gasteiger partial charge in [0.25, 0.3) is 0 Å². The highest BCUT2D eigenvalue weighted by molar-refractivity contribution is 5.85.